The number of rotatable bonds is 3. The third-order valence-electron chi connectivity index (χ3n) is 2.77. The molecule has 0 spiro atoms. The number of hydrogen-bond acceptors (Lipinski definition) is 4. The first-order valence-electron chi connectivity index (χ1n) is 5.05. The van der Waals surface area contributed by atoms with Crippen molar-refractivity contribution in [2.24, 2.45) is 5.41 Å². The second-order valence-electron chi connectivity index (χ2n) is 4.51. The zero-order valence-corrected chi connectivity index (χ0v) is 10.1. The summed E-state index contributed by atoms with van der Waals surface area (Å²) in [5.41, 5.74) is -0.595. The number of carbonyl (C=O) groups is 1. The molecule has 0 aromatic carbocycles. The van der Waals surface area contributed by atoms with Gasteiger partial charge in [0.2, 0.25) is 15.9 Å². The van der Waals surface area contributed by atoms with Gasteiger partial charge in [0, 0.05) is 6.54 Å². The molecule has 0 saturated carbocycles. The minimum absolute atomic E-state index is 0.402. The summed E-state index contributed by atoms with van der Waals surface area (Å²) in [5, 5.41) is 2.47. The quantitative estimate of drug-likeness (QED) is 0.711. The largest absolute Gasteiger partial charge is 0.316 e. The smallest absolute Gasteiger partial charge is 0.240 e. The van der Waals surface area contributed by atoms with Gasteiger partial charge in [0.05, 0.1) is 10.7 Å². The number of nitrogens with one attached hydrogen (secondary N) is 2. The van der Waals surface area contributed by atoms with Crippen molar-refractivity contribution in [2.45, 2.75) is 32.4 Å². The Hall–Kier alpha value is -0.620. The summed E-state index contributed by atoms with van der Waals surface area (Å²) in [7, 11) is -3.50. The van der Waals surface area contributed by atoms with E-state index in [1.54, 1.807) is 20.8 Å². The van der Waals surface area contributed by atoms with Gasteiger partial charge >= 0.3 is 0 Å². The minimum Gasteiger partial charge on any atom is -0.316 e. The molecule has 1 fully saturated rings. The molecule has 1 aliphatic heterocycles. The average molecular weight is 234 g/mol. The summed E-state index contributed by atoms with van der Waals surface area (Å²) in [4.78, 5) is 11.8. The lowest BCUT2D eigenvalue weighted by Gasteiger charge is -2.22. The Morgan fingerprint density at radius 1 is 1.47 bits per heavy atom. The molecule has 0 aromatic rings. The van der Waals surface area contributed by atoms with Gasteiger partial charge in [-0.05, 0) is 33.7 Å². The molecule has 88 valence electrons. The molecule has 6 heteroatoms. The van der Waals surface area contributed by atoms with Gasteiger partial charge in [0.25, 0.3) is 0 Å². The van der Waals surface area contributed by atoms with E-state index in [9.17, 15) is 13.2 Å². The minimum atomic E-state index is -3.50. The zero-order chi connectivity index (χ0) is 11.7. The molecule has 0 bridgehead atoms. The van der Waals surface area contributed by atoms with Crippen molar-refractivity contribution in [1.82, 2.24) is 10.0 Å². The lowest BCUT2D eigenvalue weighted by Crippen LogP contribution is -2.45. The molecule has 1 rings (SSSR count). The molecule has 1 aliphatic rings. The molecule has 2 N–H and O–H groups in total. The van der Waals surface area contributed by atoms with Crippen LogP contribution in [0.3, 0.4) is 0 Å². The van der Waals surface area contributed by atoms with Crippen LogP contribution in [0.15, 0.2) is 0 Å². The van der Waals surface area contributed by atoms with Gasteiger partial charge in [0.15, 0.2) is 0 Å². The van der Waals surface area contributed by atoms with Gasteiger partial charge in [-0.15, -0.1) is 0 Å². The molecule has 1 unspecified atom stereocenters. The lowest BCUT2D eigenvalue weighted by atomic mass is 9.89. The standard InChI is InChI=1S/C9H18N2O3S/c1-7(2)15(13,14)11-8(12)9(3)4-5-10-6-9/h7,10H,4-6H2,1-3H3,(H,11,12). The van der Waals surface area contributed by atoms with E-state index in [0.717, 1.165) is 6.54 Å². The molecule has 1 amide bonds. The number of hydrogen-bond donors (Lipinski definition) is 2. The third-order valence-corrected chi connectivity index (χ3v) is 4.48. The zero-order valence-electron chi connectivity index (χ0n) is 9.33. The van der Waals surface area contributed by atoms with Gasteiger partial charge in [-0.25, -0.2) is 8.42 Å². The van der Waals surface area contributed by atoms with Crippen LogP contribution in [0.1, 0.15) is 27.2 Å². The first-order chi connectivity index (χ1) is 6.78. The Balaban J connectivity index is 2.71. The highest BCUT2D eigenvalue weighted by atomic mass is 32.2. The van der Waals surface area contributed by atoms with Crippen molar-refractivity contribution in [2.75, 3.05) is 13.1 Å². The predicted octanol–water partition coefficient (Wildman–Crippen LogP) is -0.160. The Kier molecular flexibility index (Phi) is 3.40. The van der Waals surface area contributed by atoms with Gasteiger partial charge in [-0.3, -0.25) is 9.52 Å². The Morgan fingerprint density at radius 2 is 2.07 bits per heavy atom. The average Bonchev–Trinajstić information content (AvgIpc) is 2.52. The number of carbonyl (C=O) groups excluding carboxylic acids is 1. The molecule has 0 radical (unpaired) electrons. The van der Waals surface area contributed by atoms with Crippen molar-refractivity contribution in [3.63, 3.8) is 0 Å². The van der Waals surface area contributed by atoms with E-state index in [2.05, 4.69) is 10.0 Å². The maximum Gasteiger partial charge on any atom is 0.240 e. The Bertz CT molecular complexity index is 342. The first-order valence-corrected chi connectivity index (χ1v) is 6.59. The second kappa shape index (κ2) is 4.09. The van der Waals surface area contributed by atoms with E-state index in [0.29, 0.717) is 13.0 Å². The summed E-state index contributed by atoms with van der Waals surface area (Å²) < 4.78 is 25.1. The monoisotopic (exact) mass is 234 g/mol. The van der Waals surface area contributed by atoms with Crippen molar-refractivity contribution in [3.05, 3.63) is 0 Å². The topological polar surface area (TPSA) is 75.3 Å². The predicted molar refractivity (Wildman–Crippen MR) is 57.8 cm³/mol. The molecule has 0 aliphatic carbocycles. The number of amides is 1. The van der Waals surface area contributed by atoms with Crippen molar-refractivity contribution in [3.8, 4) is 0 Å². The SMILES string of the molecule is CC(C)S(=O)(=O)NC(=O)C1(C)CCNC1. The lowest BCUT2D eigenvalue weighted by molar-refractivity contribution is -0.127. The fourth-order valence-electron chi connectivity index (χ4n) is 1.38. The van der Waals surface area contributed by atoms with Crippen molar-refractivity contribution >= 4 is 15.9 Å². The Morgan fingerprint density at radius 3 is 2.47 bits per heavy atom. The number of sulfonamides is 1. The van der Waals surface area contributed by atoms with Gasteiger partial charge in [0.1, 0.15) is 0 Å². The summed E-state index contributed by atoms with van der Waals surface area (Å²) in [5.74, 6) is -0.402. The van der Waals surface area contributed by atoms with E-state index in [1.165, 1.54) is 0 Å². The highest BCUT2D eigenvalue weighted by Crippen LogP contribution is 2.24. The van der Waals surface area contributed by atoms with Crippen LogP contribution in [0.4, 0.5) is 0 Å². The van der Waals surface area contributed by atoms with E-state index in [4.69, 9.17) is 0 Å². The summed E-state index contributed by atoms with van der Waals surface area (Å²) in [6.45, 7) is 6.16. The maximum absolute atomic E-state index is 11.8. The van der Waals surface area contributed by atoms with Crippen LogP contribution in [0.25, 0.3) is 0 Å². The molecular formula is C9H18N2O3S. The van der Waals surface area contributed by atoms with Crippen molar-refractivity contribution < 1.29 is 13.2 Å². The fourth-order valence-corrected chi connectivity index (χ4v) is 2.12. The summed E-state index contributed by atoms with van der Waals surface area (Å²) in [6, 6.07) is 0. The van der Waals surface area contributed by atoms with Crippen LogP contribution in [-0.2, 0) is 14.8 Å². The van der Waals surface area contributed by atoms with Gasteiger partial charge < -0.3 is 5.32 Å². The molecule has 0 aromatic heterocycles. The van der Waals surface area contributed by atoms with Crippen LogP contribution in [-0.4, -0.2) is 32.7 Å². The Labute approximate surface area is 90.7 Å². The van der Waals surface area contributed by atoms with Crippen LogP contribution in [0.2, 0.25) is 0 Å². The molecule has 1 saturated heterocycles. The second-order valence-corrected chi connectivity index (χ2v) is 6.75. The van der Waals surface area contributed by atoms with E-state index in [-0.39, 0.29) is 0 Å². The molecular weight excluding hydrogens is 216 g/mol. The molecule has 15 heavy (non-hydrogen) atoms. The normalized spacial score (nSPS) is 26.9. The van der Waals surface area contributed by atoms with Gasteiger partial charge in [-0.2, -0.15) is 0 Å². The third kappa shape index (κ3) is 2.69. The van der Waals surface area contributed by atoms with Crippen LogP contribution in [0.5, 0.6) is 0 Å². The van der Waals surface area contributed by atoms with Crippen LogP contribution in [0, 0.1) is 5.41 Å². The summed E-state index contributed by atoms with van der Waals surface area (Å²) in [6.07, 6.45) is 0.673. The highest BCUT2D eigenvalue weighted by molar-refractivity contribution is 7.90. The van der Waals surface area contributed by atoms with E-state index in [1.807, 2.05) is 0 Å². The van der Waals surface area contributed by atoms with Crippen LogP contribution < -0.4 is 10.0 Å². The first kappa shape index (κ1) is 12.4. The van der Waals surface area contributed by atoms with E-state index < -0.39 is 26.6 Å². The molecule has 1 heterocycles. The van der Waals surface area contributed by atoms with Crippen LogP contribution >= 0.6 is 0 Å². The fraction of sp³-hybridized carbons (Fsp3) is 0.889. The van der Waals surface area contributed by atoms with Crippen molar-refractivity contribution in [1.29, 1.82) is 0 Å². The van der Waals surface area contributed by atoms with Gasteiger partial charge in [-0.1, -0.05) is 0 Å². The summed E-state index contributed by atoms with van der Waals surface area (Å²) >= 11 is 0. The maximum atomic E-state index is 11.8. The highest BCUT2D eigenvalue weighted by Gasteiger charge is 2.38. The molecule has 1 atom stereocenters. The van der Waals surface area contributed by atoms with E-state index >= 15 is 0 Å². The molecule has 5 nitrogen and oxygen atoms in total.